The van der Waals surface area contributed by atoms with E-state index in [-0.39, 0.29) is 5.75 Å². The number of hydrogen-bond acceptors (Lipinski definition) is 1. The average Bonchev–Trinajstić information content (AvgIpc) is 2.78. The van der Waals surface area contributed by atoms with Crippen LogP contribution in [0.5, 0.6) is 5.75 Å². The largest absolute Gasteiger partial charge is 0.491 e. The molecule has 0 spiro atoms. The molecule has 0 saturated heterocycles. The molecule has 166 valence electrons. The number of unbranched alkanes of at least 4 members (excludes halogenated alkanes) is 1. The van der Waals surface area contributed by atoms with Crippen LogP contribution >= 0.6 is 0 Å². The van der Waals surface area contributed by atoms with Gasteiger partial charge in [-0.1, -0.05) is 44.4 Å². The molecule has 3 rings (SSSR count). The van der Waals surface area contributed by atoms with Gasteiger partial charge < -0.3 is 4.74 Å². The van der Waals surface area contributed by atoms with Gasteiger partial charge in [0.1, 0.15) is 0 Å². The summed E-state index contributed by atoms with van der Waals surface area (Å²) in [5.74, 6) is 0.777. The highest BCUT2D eigenvalue weighted by molar-refractivity contribution is 5.67. The van der Waals surface area contributed by atoms with Crippen molar-refractivity contribution in [1.82, 2.24) is 0 Å². The van der Waals surface area contributed by atoms with Crippen LogP contribution in [0.1, 0.15) is 90.0 Å². The molecule has 1 nitrogen and oxygen atoms in total. The Morgan fingerprint density at radius 1 is 0.933 bits per heavy atom. The Morgan fingerprint density at radius 2 is 1.70 bits per heavy atom. The second kappa shape index (κ2) is 11.7. The summed E-state index contributed by atoms with van der Waals surface area (Å²) in [7, 11) is 0. The van der Waals surface area contributed by atoms with E-state index in [2.05, 4.69) is 25.2 Å². The zero-order valence-electron chi connectivity index (χ0n) is 18.8. The molecule has 2 aliphatic rings. The van der Waals surface area contributed by atoms with Crippen LogP contribution < -0.4 is 4.74 Å². The van der Waals surface area contributed by atoms with E-state index >= 15 is 0 Å². The van der Waals surface area contributed by atoms with E-state index in [0.717, 1.165) is 36.7 Å². The van der Waals surface area contributed by atoms with Gasteiger partial charge in [-0.15, -0.1) is 0 Å². The highest BCUT2D eigenvalue weighted by Crippen LogP contribution is 2.42. The van der Waals surface area contributed by atoms with Crippen molar-refractivity contribution in [2.24, 2.45) is 17.8 Å². The number of allylic oxidation sites excluding steroid dienone is 4. The predicted octanol–water partition coefficient (Wildman–Crippen LogP) is 8.49. The first kappa shape index (κ1) is 23.0. The van der Waals surface area contributed by atoms with Crippen LogP contribution in [0.25, 0.3) is 5.57 Å². The second-order valence-electron chi connectivity index (χ2n) is 9.05. The monoisotopic (exact) mass is 416 g/mol. The topological polar surface area (TPSA) is 9.23 Å². The smallest absolute Gasteiger partial charge is 0.201 e. The molecule has 1 fully saturated rings. The van der Waals surface area contributed by atoms with E-state index in [9.17, 15) is 8.78 Å². The molecule has 0 aliphatic heterocycles. The van der Waals surface area contributed by atoms with Crippen molar-refractivity contribution in [2.45, 2.75) is 84.5 Å². The normalized spacial score (nSPS) is 24.8. The summed E-state index contributed by atoms with van der Waals surface area (Å²) in [6, 6.07) is 3.23. The lowest BCUT2D eigenvalue weighted by Gasteiger charge is -2.35. The van der Waals surface area contributed by atoms with Crippen LogP contribution in [0, 0.1) is 29.4 Å². The van der Waals surface area contributed by atoms with Gasteiger partial charge in [0.25, 0.3) is 0 Å². The third kappa shape index (κ3) is 5.95. The molecule has 30 heavy (non-hydrogen) atoms. The van der Waals surface area contributed by atoms with Crippen molar-refractivity contribution in [3.63, 3.8) is 0 Å². The minimum Gasteiger partial charge on any atom is -0.491 e. The standard InChI is InChI=1S/C27H38F2O/c1-3-5-6-7-8-9-20-10-12-21(13-11-20)22-14-16-23(17-15-22)24-18-19-25(30-4-2)27(29)26(24)28/h6-7,16,18-22H,3-5,8-15,17H2,1-2H3. The molecular weight excluding hydrogens is 378 g/mol. The maximum Gasteiger partial charge on any atom is 0.201 e. The summed E-state index contributed by atoms with van der Waals surface area (Å²) in [5, 5.41) is 0. The fourth-order valence-corrected chi connectivity index (χ4v) is 5.26. The van der Waals surface area contributed by atoms with Crippen LogP contribution in [-0.2, 0) is 0 Å². The van der Waals surface area contributed by atoms with Gasteiger partial charge in [0.05, 0.1) is 6.61 Å². The van der Waals surface area contributed by atoms with E-state index in [1.165, 1.54) is 51.4 Å². The molecular formula is C27H38F2O. The van der Waals surface area contributed by atoms with E-state index < -0.39 is 11.6 Å². The summed E-state index contributed by atoms with van der Waals surface area (Å²) in [4.78, 5) is 0. The minimum atomic E-state index is -0.861. The Morgan fingerprint density at radius 3 is 2.37 bits per heavy atom. The highest BCUT2D eigenvalue weighted by atomic mass is 19.2. The molecule has 1 unspecified atom stereocenters. The van der Waals surface area contributed by atoms with Crippen LogP contribution in [0.15, 0.2) is 30.4 Å². The van der Waals surface area contributed by atoms with Gasteiger partial charge in [-0.25, -0.2) is 4.39 Å². The minimum absolute atomic E-state index is 0.00523. The average molecular weight is 417 g/mol. The van der Waals surface area contributed by atoms with Crippen molar-refractivity contribution in [3.05, 3.63) is 47.6 Å². The number of benzene rings is 1. The number of hydrogen-bond donors (Lipinski definition) is 0. The Kier molecular flexibility index (Phi) is 8.96. The van der Waals surface area contributed by atoms with Gasteiger partial charge in [0, 0.05) is 5.56 Å². The molecule has 1 aromatic carbocycles. The summed E-state index contributed by atoms with van der Waals surface area (Å²) in [5.41, 5.74) is 1.37. The first-order valence-electron chi connectivity index (χ1n) is 12.1. The molecule has 1 atom stereocenters. The van der Waals surface area contributed by atoms with Crippen LogP contribution in [0.2, 0.25) is 0 Å². The quantitative estimate of drug-likeness (QED) is 0.367. The van der Waals surface area contributed by atoms with Crippen molar-refractivity contribution in [3.8, 4) is 5.75 Å². The number of rotatable bonds is 9. The molecule has 0 heterocycles. The van der Waals surface area contributed by atoms with Crippen molar-refractivity contribution < 1.29 is 13.5 Å². The lowest BCUT2D eigenvalue weighted by Crippen LogP contribution is -2.23. The summed E-state index contributed by atoms with van der Waals surface area (Å²) < 4.78 is 33.9. The Hall–Kier alpha value is -1.64. The van der Waals surface area contributed by atoms with Crippen LogP contribution in [0.4, 0.5) is 8.78 Å². The Bertz CT molecular complexity index is 729. The Balaban J connectivity index is 1.49. The highest BCUT2D eigenvalue weighted by Gasteiger charge is 2.29. The first-order chi connectivity index (χ1) is 14.6. The second-order valence-corrected chi connectivity index (χ2v) is 9.05. The molecule has 0 bridgehead atoms. The fourth-order valence-electron chi connectivity index (χ4n) is 5.26. The van der Waals surface area contributed by atoms with Crippen LogP contribution in [0.3, 0.4) is 0 Å². The van der Waals surface area contributed by atoms with Gasteiger partial charge in [0.15, 0.2) is 11.6 Å². The molecule has 1 saturated carbocycles. The Labute approximate surface area is 181 Å². The van der Waals surface area contributed by atoms with Crippen molar-refractivity contribution in [2.75, 3.05) is 6.61 Å². The molecule has 3 heteroatoms. The lowest BCUT2D eigenvalue weighted by atomic mass is 9.70. The molecule has 2 aliphatic carbocycles. The predicted molar refractivity (Wildman–Crippen MR) is 122 cm³/mol. The zero-order valence-corrected chi connectivity index (χ0v) is 18.8. The van der Waals surface area contributed by atoms with Crippen molar-refractivity contribution in [1.29, 1.82) is 0 Å². The van der Waals surface area contributed by atoms with Crippen molar-refractivity contribution >= 4 is 5.57 Å². The molecule has 0 radical (unpaired) electrons. The van der Waals surface area contributed by atoms with Gasteiger partial charge in [-0.2, -0.15) is 4.39 Å². The molecule has 0 amide bonds. The summed E-state index contributed by atoms with van der Waals surface area (Å²) in [6.45, 7) is 4.33. The van der Waals surface area contributed by atoms with E-state index in [4.69, 9.17) is 4.74 Å². The molecule has 0 N–H and O–H groups in total. The summed E-state index contributed by atoms with van der Waals surface area (Å²) >= 11 is 0. The maximum atomic E-state index is 14.5. The van der Waals surface area contributed by atoms with Gasteiger partial charge in [-0.05, 0) is 93.7 Å². The molecule has 1 aromatic rings. The number of ether oxygens (including phenoxy) is 1. The van der Waals surface area contributed by atoms with E-state index in [1.807, 2.05) is 0 Å². The van der Waals surface area contributed by atoms with E-state index in [1.54, 1.807) is 19.1 Å². The first-order valence-corrected chi connectivity index (χ1v) is 12.1. The number of halogens is 2. The summed E-state index contributed by atoms with van der Waals surface area (Å²) in [6.07, 6.45) is 20.2. The molecule has 0 aromatic heterocycles. The van der Waals surface area contributed by atoms with E-state index in [0.29, 0.717) is 18.1 Å². The SMILES string of the molecule is CCCC=CCCC1CCC(C2CC=C(c3ccc(OCC)c(F)c3F)CC2)CC1. The van der Waals surface area contributed by atoms with Gasteiger partial charge in [-0.3, -0.25) is 0 Å². The maximum absolute atomic E-state index is 14.5. The van der Waals surface area contributed by atoms with Gasteiger partial charge >= 0.3 is 0 Å². The fraction of sp³-hybridized carbons (Fsp3) is 0.630. The van der Waals surface area contributed by atoms with Gasteiger partial charge in [0.2, 0.25) is 5.82 Å². The van der Waals surface area contributed by atoms with Crippen LogP contribution in [-0.4, -0.2) is 6.61 Å². The zero-order chi connectivity index (χ0) is 21.3. The third-order valence-corrected chi connectivity index (χ3v) is 7.07. The lowest BCUT2D eigenvalue weighted by molar-refractivity contribution is 0.190. The third-order valence-electron chi connectivity index (χ3n) is 7.07.